The van der Waals surface area contributed by atoms with Crippen LogP contribution in [0.4, 0.5) is 0 Å². The number of hydrogen-bond donors (Lipinski definition) is 0. The van der Waals surface area contributed by atoms with Crippen molar-refractivity contribution in [3.8, 4) is 0 Å². The molecule has 0 fully saturated rings. The highest BCUT2D eigenvalue weighted by atomic mass is 16.1. The largest absolute Gasteiger partial charge is 0.274 e. The fourth-order valence-electron chi connectivity index (χ4n) is 3.87. The van der Waals surface area contributed by atoms with Gasteiger partial charge in [0.25, 0.3) is 5.56 Å². The average Bonchev–Trinajstić information content (AvgIpc) is 2.70. The molecule has 4 rings (SSSR count). The van der Waals surface area contributed by atoms with E-state index < -0.39 is 0 Å². The first-order chi connectivity index (χ1) is 13.2. The van der Waals surface area contributed by atoms with E-state index in [0.717, 1.165) is 29.3 Å². The number of fused-ring (bicyclic) bond motifs is 2. The van der Waals surface area contributed by atoms with Gasteiger partial charge in [0.2, 0.25) is 0 Å². The van der Waals surface area contributed by atoms with Gasteiger partial charge in [-0.15, -0.1) is 0 Å². The first kappa shape index (κ1) is 17.5. The van der Waals surface area contributed by atoms with E-state index in [1.54, 1.807) is 4.68 Å². The average molecular weight is 356 g/mol. The molecule has 3 aromatic carbocycles. The molecule has 1 atom stereocenters. The van der Waals surface area contributed by atoms with E-state index in [1.807, 2.05) is 24.3 Å². The molecule has 0 amide bonds. The van der Waals surface area contributed by atoms with Crippen molar-refractivity contribution < 1.29 is 0 Å². The van der Waals surface area contributed by atoms with Crippen LogP contribution in [0.15, 0.2) is 71.5 Å². The topological polar surface area (TPSA) is 34.9 Å². The SMILES string of the molecule is CCCC(C)n1nc(Cc2cccc3ccccc23)c2ccccc2c1=O. The fourth-order valence-corrected chi connectivity index (χ4v) is 3.87. The van der Waals surface area contributed by atoms with Crippen molar-refractivity contribution in [2.75, 3.05) is 0 Å². The summed E-state index contributed by atoms with van der Waals surface area (Å²) in [5.41, 5.74) is 2.21. The Balaban J connectivity index is 1.90. The van der Waals surface area contributed by atoms with Crippen LogP contribution in [0.2, 0.25) is 0 Å². The van der Waals surface area contributed by atoms with E-state index in [0.29, 0.717) is 6.42 Å². The van der Waals surface area contributed by atoms with E-state index in [-0.39, 0.29) is 11.6 Å². The highest BCUT2D eigenvalue weighted by molar-refractivity contribution is 5.88. The van der Waals surface area contributed by atoms with Gasteiger partial charge in [-0.2, -0.15) is 5.10 Å². The van der Waals surface area contributed by atoms with Crippen LogP contribution in [0.5, 0.6) is 0 Å². The standard InChI is InChI=1S/C24H24N2O/c1-3-9-17(2)26-24(27)22-15-7-6-14-21(22)23(25-26)16-19-12-8-11-18-10-4-5-13-20(18)19/h4-8,10-15,17H,3,9,16H2,1-2H3. The van der Waals surface area contributed by atoms with Gasteiger partial charge in [-0.1, -0.05) is 74.0 Å². The first-order valence-corrected chi connectivity index (χ1v) is 9.66. The molecule has 1 unspecified atom stereocenters. The molecule has 0 aliphatic rings. The van der Waals surface area contributed by atoms with Gasteiger partial charge in [0.05, 0.1) is 17.1 Å². The highest BCUT2D eigenvalue weighted by Gasteiger charge is 2.15. The molecule has 0 saturated carbocycles. The molecule has 1 aromatic heterocycles. The van der Waals surface area contributed by atoms with Gasteiger partial charge in [-0.25, -0.2) is 4.68 Å². The predicted octanol–water partition coefficient (Wildman–Crippen LogP) is 5.50. The third kappa shape index (κ3) is 3.25. The second-order valence-corrected chi connectivity index (χ2v) is 7.19. The minimum absolute atomic E-state index is 0.00761. The maximum absolute atomic E-state index is 13.0. The molecular formula is C24H24N2O. The molecule has 0 N–H and O–H groups in total. The molecule has 3 heteroatoms. The van der Waals surface area contributed by atoms with E-state index >= 15 is 0 Å². The van der Waals surface area contributed by atoms with Crippen LogP contribution in [0.3, 0.4) is 0 Å². The van der Waals surface area contributed by atoms with Gasteiger partial charge in [0.15, 0.2) is 0 Å². The maximum Gasteiger partial charge on any atom is 0.274 e. The summed E-state index contributed by atoms with van der Waals surface area (Å²) in [5.74, 6) is 0. The molecular weight excluding hydrogens is 332 g/mol. The number of rotatable bonds is 5. The van der Waals surface area contributed by atoms with E-state index in [4.69, 9.17) is 5.10 Å². The van der Waals surface area contributed by atoms with Crippen molar-refractivity contribution in [2.24, 2.45) is 0 Å². The monoisotopic (exact) mass is 356 g/mol. The zero-order chi connectivity index (χ0) is 18.8. The van der Waals surface area contributed by atoms with Crippen LogP contribution < -0.4 is 5.56 Å². The summed E-state index contributed by atoms with van der Waals surface area (Å²) in [7, 11) is 0. The predicted molar refractivity (Wildman–Crippen MR) is 112 cm³/mol. The van der Waals surface area contributed by atoms with Gasteiger partial charge >= 0.3 is 0 Å². The molecule has 0 spiro atoms. The normalized spacial score (nSPS) is 12.5. The molecule has 4 aromatic rings. The Kier molecular flexibility index (Phi) is 4.76. The number of aromatic nitrogens is 2. The Labute approximate surface area is 159 Å². The maximum atomic E-state index is 13.0. The van der Waals surface area contributed by atoms with Crippen LogP contribution in [-0.4, -0.2) is 9.78 Å². The lowest BCUT2D eigenvalue weighted by Gasteiger charge is -2.17. The van der Waals surface area contributed by atoms with Crippen LogP contribution in [-0.2, 0) is 6.42 Å². The summed E-state index contributed by atoms with van der Waals surface area (Å²) in [6.07, 6.45) is 2.68. The quantitative estimate of drug-likeness (QED) is 0.473. The third-order valence-electron chi connectivity index (χ3n) is 5.27. The highest BCUT2D eigenvalue weighted by Crippen LogP contribution is 2.24. The second kappa shape index (κ2) is 7.36. The van der Waals surface area contributed by atoms with Crippen molar-refractivity contribution in [3.05, 3.63) is 88.3 Å². The van der Waals surface area contributed by atoms with Crippen molar-refractivity contribution in [3.63, 3.8) is 0 Å². The van der Waals surface area contributed by atoms with Crippen molar-refractivity contribution in [1.82, 2.24) is 9.78 Å². The molecule has 0 bridgehead atoms. The van der Waals surface area contributed by atoms with Crippen LogP contribution in [0.1, 0.15) is 44.0 Å². The van der Waals surface area contributed by atoms with Crippen LogP contribution >= 0.6 is 0 Å². The molecule has 27 heavy (non-hydrogen) atoms. The second-order valence-electron chi connectivity index (χ2n) is 7.19. The summed E-state index contributed by atoms with van der Waals surface area (Å²) in [5, 5.41) is 9.00. The summed E-state index contributed by atoms with van der Waals surface area (Å²) in [4.78, 5) is 13.0. The first-order valence-electron chi connectivity index (χ1n) is 9.66. The van der Waals surface area contributed by atoms with Gasteiger partial charge in [-0.05, 0) is 35.7 Å². The molecule has 136 valence electrons. The van der Waals surface area contributed by atoms with Crippen LogP contribution in [0.25, 0.3) is 21.5 Å². The Morgan fingerprint density at radius 2 is 1.56 bits per heavy atom. The third-order valence-corrected chi connectivity index (χ3v) is 5.27. The molecule has 3 nitrogen and oxygen atoms in total. The van der Waals surface area contributed by atoms with E-state index in [9.17, 15) is 4.79 Å². The summed E-state index contributed by atoms with van der Waals surface area (Å²) < 4.78 is 1.69. The Bertz CT molecular complexity index is 1150. The van der Waals surface area contributed by atoms with Crippen molar-refractivity contribution >= 4 is 21.5 Å². The van der Waals surface area contributed by atoms with Gasteiger partial charge < -0.3 is 0 Å². The lowest BCUT2D eigenvalue weighted by Crippen LogP contribution is -2.27. The van der Waals surface area contributed by atoms with Crippen molar-refractivity contribution in [1.29, 1.82) is 0 Å². The Morgan fingerprint density at radius 3 is 2.33 bits per heavy atom. The number of hydrogen-bond acceptors (Lipinski definition) is 2. The molecule has 0 saturated heterocycles. The molecule has 1 heterocycles. The molecule has 0 aliphatic carbocycles. The summed E-state index contributed by atoms with van der Waals surface area (Å²) in [6, 6.07) is 22.7. The fraction of sp³-hybridized carbons (Fsp3) is 0.250. The van der Waals surface area contributed by atoms with Crippen LogP contribution in [0, 0.1) is 0 Å². The van der Waals surface area contributed by atoms with Crippen molar-refractivity contribution in [2.45, 2.75) is 39.2 Å². The van der Waals surface area contributed by atoms with Gasteiger partial charge in [0.1, 0.15) is 0 Å². The minimum Gasteiger partial charge on any atom is -0.267 e. The summed E-state index contributed by atoms with van der Waals surface area (Å²) in [6.45, 7) is 4.22. The van der Waals surface area contributed by atoms with Gasteiger partial charge in [0, 0.05) is 11.8 Å². The zero-order valence-electron chi connectivity index (χ0n) is 15.9. The van der Waals surface area contributed by atoms with E-state index in [2.05, 4.69) is 56.3 Å². The number of nitrogens with zero attached hydrogens (tertiary/aromatic N) is 2. The Morgan fingerprint density at radius 1 is 0.889 bits per heavy atom. The lowest BCUT2D eigenvalue weighted by molar-refractivity contribution is 0.433. The zero-order valence-corrected chi connectivity index (χ0v) is 15.9. The Hall–Kier alpha value is -2.94. The van der Waals surface area contributed by atoms with E-state index in [1.165, 1.54) is 16.3 Å². The molecule has 0 aliphatic heterocycles. The van der Waals surface area contributed by atoms with Gasteiger partial charge in [-0.3, -0.25) is 4.79 Å². The minimum atomic E-state index is 0.00761. The number of benzene rings is 3. The summed E-state index contributed by atoms with van der Waals surface area (Å²) >= 11 is 0. The lowest BCUT2D eigenvalue weighted by atomic mass is 9.99. The smallest absolute Gasteiger partial charge is 0.267 e. The molecule has 0 radical (unpaired) electrons.